The van der Waals surface area contributed by atoms with Crippen LogP contribution in [0.5, 0.6) is 0 Å². The monoisotopic (exact) mass is 778 g/mol. The van der Waals surface area contributed by atoms with Gasteiger partial charge in [-0.2, -0.15) is 0 Å². The molecule has 0 aliphatic heterocycles. The average Bonchev–Trinajstić information content (AvgIpc) is 3.26. The standard InChI is InChI=1S/C58H54N2/c1-41-7-13-47(14-8-41)17-19-49-21-29-53(30-22-49)59(57-37-11-43(3)39-45(57)5)55-33-25-51(26-34-55)52-27-35-56(36-28-52)60(58-38-12-44(4)40-46(58)6)54-31-23-50(24-32-54)20-18-48-15-9-42(2)10-16-48/h7-17,19,21-40H,18,20H2,1-6H3. The Hall–Kier alpha value is -6.90. The number of benzene rings is 8. The molecule has 0 heterocycles. The van der Waals surface area contributed by atoms with E-state index in [0.29, 0.717) is 0 Å². The molecule has 0 aliphatic carbocycles. The SMILES string of the molecule is Cc1ccc(C=Cc2ccc(N(c3ccc(-c4ccc(N(c5ccc(CCc6ccc(C)cc6)cc5)c5ccc(C)cc5C)cc4)cc3)c3ccc(C)cc3C)cc2)cc1. The van der Waals surface area contributed by atoms with E-state index in [1.807, 2.05) is 0 Å². The fourth-order valence-corrected chi connectivity index (χ4v) is 8.03. The first-order valence-electron chi connectivity index (χ1n) is 21.1. The summed E-state index contributed by atoms with van der Waals surface area (Å²) in [6, 6.07) is 66.9. The number of rotatable bonds is 12. The van der Waals surface area contributed by atoms with Crippen molar-refractivity contribution in [3.05, 3.63) is 238 Å². The number of nitrogens with zero attached hydrogens (tertiary/aromatic N) is 2. The van der Waals surface area contributed by atoms with Gasteiger partial charge in [0.1, 0.15) is 0 Å². The minimum Gasteiger partial charge on any atom is -0.310 e. The van der Waals surface area contributed by atoms with E-state index in [2.05, 4.69) is 245 Å². The molecule has 0 N–H and O–H groups in total. The first kappa shape index (κ1) is 39.9. The third-order valence-corrected chi connectivity index (χ3v) is 11.5. The second-order valence-corrected chi connectivity index (χ2v) is 16.3. The van der Waals surface area contributed by atoms with Gasteiger partial charge in [-0.25, -0.2) is 0 Å². The van der Waals surface area contributed by atoms with Gasteiger partial charge >= 0.3 is 0 Å². The molecule has 8 aromatic carbocycles. The number of anilines is 6. The van der Waals surface area contributed by atoms with E-state index in [-0.39, 0.29) is 0 Å². The summed E-state index contributed by atoms with van der Waals surface area (Å²) in [5, 5.41) is 0. The van der Waals surface area contributed by atoms with Crippen molar-refractivity contribution in [3.63, 3.8) is 0 Å². The third kappa shape index (κ3) is 9.35. The molecule has 296 valence electrons. The lowest BCUT2D eigenvalue weighted by molar-refractivity contribution is 0.959. The van der Waals surface area contributed by atoms with Crippen LogP contribution in [0.3, 0.4) is 0 Å². The lowest BCUT2D eigenvalue weighted by Gasteiger charge is -2.28. The van der Waals surface area contributed by atoms with Gasteiger partial charge < -0.3 is 9.80 Å². The Kier molecular flexibility index (Phi) is 11.9. The first-order chi connectivity index (χ1) is 29.2. The second-order valence-electron chi connectivity index (χ2n) is 16.3. The molecule has 0 aliphatic rings. The lowest BCUT2D eigenvalue weighted by Crippen LogP contribution is -2.11. The molecule has 0 radical (unpaired) electrons. The van der Waals surface area contributed by atoms with E-state index in [0.717, 1.165) is 35.6 Å². The first-order valence-corrected chi connectivity index (χ1v) is 21.1. The van der Waals surface area contributed by atoms with Gasteiger partial charge in [0.05, 0.1) is 0 Å². The molecule has 0 unspecified atom stereocenters. The lowest BCUT2D eigenvalue weighted by atomic mass is 10.0. The van der Waals surface area contributed by atoms with Gasteiger partial charge in [-0.05, 0) is 160 Å². The molecule has 0 saturated carbocycles. The molecule has 0 spiro atoms. The van der Waals surface area contributed by atoms with Gasteiger partial charge in [0.15, 0.2) is 0 Å². The molecular formula is C58H54N2. The molecule has 0 amide bonds. The summed E-state index contributed by atoms with van der Waals surface area (Å²) in [6.07, 6.45) is 6.41. The highest BCUT2D eigenvalue weighted by Crippen LogP contribution is 2.40. The number of aryl methyl sites for hydroxylation is 8. The van der Waals surface area contributed by atoms with Gasteiger partial charge in [0.2, 0.25) is 0 Å². The van der Waals surface area contributed by atoms with Crippen LogP contribution in [0, 0.1) is 41.5 Å². The molecule has 2 nitrogen and oxygen atoms in total. The van der Waals surface area contributed by atoms with Crippen molar-refractivity contribution in [1.82, 2.24) is 0 Å². The van der Waals surface area contributed by atoms with Crippen LogP contribution in [0.25, 0.3) is 23.3 Å². The predicted octanol–water partition coefficient (Wildman–Crippen LogP) is 16.1. The van der Waals surface area contributed by atoms with Crippen LogP contribution in [0.15, 0.2) is 182 Å². The summed E-state index contributed by atoms with van der Waals surface area (Å²) in [5.41, 5.74) is 21.9. The van der Waals surface area contributed by atoms with Crippen molar-refractivity contribution in [3.8, 4) is 11.1 Å². The molecule has 8 aromatic rings. The van der Waals surface area contributed by atoms with Crippen LogP contribution < -0.4 is 9.80 Å². The Balaban J connectivity index is 1.05. The maximum atomic E-state index is 2.39. The van der Waals surface area contributed by atoms with E-state index in [9.17, 15) is 0 Å². The third-order valence-electron chi connectivity index (χ3n) is 11.5. The van der Waals surface area contributed by atoms with E-state index in [1.165, 1.54) is 78.1 Å². The maximum Gasteiger partial charge on any atom is 0.0490 e. The van der Waals surface area contributed by atoms with Crippen molar-refractivity contribution in [2.75, 3.05) is 9.80 Å². The number of hydrogen-bond donors (Lipinski definition) is 0. The van der Waals surface area contributed by atoms with Gasteiger partial charge in [-0.1, -0.05) is 156 Å². The van der Waals surface area contributed by atoms with E-state index in [4.69, 9.17) is 0 Å². The maximum absolute atomic E-state index is 2.39. The highest BCUT2D eigenvalue weighted by molar-refractivity contribution is 5.83. The summed E-state index contributed by atoms with van der Waals surface area (Å²) in [7, 11) is 0. The molecule has 0 fully saturated rings. The summed E-state index contributed by atoms with van der Waals surface area (Å²) >= 11 is 0. The van der Waals surface area contributed by atoms with Crippen molar-refractivity contribution in [2.24, 2.45) is 0 Å². The summed E-state index contributed by atoms with van der Waals surface area (Å²) in [6.45, 7) is 13.0. The zero-order valence-electron chi connectivity index (χ0n) is 35.8. The normalized spacial score (nSPS) is 11.2. The van der Waals surface area contributed by atoms with Crippen LogP contribution in [0.2, 0.25) is 0 Å². The Morgan fingerprint density at radius 1 is 0.317 bits per heavy atom. The average molecular weight is 779 g/mol. The van der Waals surface area contributed by atoms with Gasteiger partial charge in [0, 0.05) is 34.1 Å². The molecule has 2 heteroatoms. The quantitative estimate of drug-likeness (QED) is 0.114. The fourth-order valence-electron chi connectivity index (χ4n) is 8.03. The van der Waals surface area contributed by atoms with Gasteiger partial charge in [-0.15, -0.1) is 0 Å². The van der Waals surface area contributed by atoms with Crippen LogP contribution in [0.4, 0.5) is 34.1 Å². The van der Waals surface area contributed by atoms with Gasteiger partial charge in [-0.3, -0.25) is 0 Å². The molecule has 0 bridgehead atoms. The van der Waals surface area contributed by atoms with Crippen LogP contribution in [-0.2, 0) is 12.8 Å². The summed E-state index contributed by atoms with van der Waals surface area (Å²) in [4.78, 5) is 4.75. The second kappa shape index (κ2) is 17.9. The zero-order chi connectivity index (χ0) is 41.6. The minimum absolute atomic E-state index is 1.02. The van der Waals surface area contributed by atoms with Crippen LogP contribution in [0.1, 0.15) is 55.6 Å². The Labute approximate surface area is 357 Å². The largest absolute Gasteiger partial charge is 0.310 e. The molecule has 60 heavy (non-hydrogen) atoms. The highest BCUT2D eigenvalue weighted by atomic mass is 15.1. The summed E-state index contributed by atoms with van der Waals surface area (Å²) in [5.74, 6) is 0. The highest BCUT2D eigenvalue weighted by Gasteiger charge is 2.17. The van der Waals surface area contributed by atoms with E-state index >= 15 is 0 Å². The van der Waals surface area contributed by atoms with Crippen LogP contribution >= 0.6 is 0 Å². The smallest absolute Gasteiger partial charge is 0.0490 e. The Morgan fingerprint density at radius 3 is 1.00 bits per heavy atom. The van der Waals surface area contributed by atoms with E-state index in [1.54, 1.807) is 0 Å². The Morgan fingerprint density at radius 2 is 0.617 bits per heavy atom. The Bertz CT molecular complexity index is 2700. The molecular weight excluding hydrogens is 725 g/mol. The molecule has 0 atom stereocenters. The topological polar surface area (TPSA) is 6.48 Å². The number of hydrogen-bond acceptors (Lipinski definition) is 2. The summed E-state index contributed by atoms with van der Waals surface area (Å²) < 4.78 is 0. The van der Waals surface area contributed by atoms with Crippen molar-refractivity contribution >= 4 is 46.3 Å². The van der Waals surface area contributed by atoms with Crippen LogP contribution in [-0.4, -0.2) is 0 Å². The zero-order valence-corrected chi connectivity index (χ0v) is 35.8. The van der Waals surface area contributed by atoms with Crippen molar-refractivity contribution in [2.45, 2.75) is 54.4 Å². The molecule has 0 aromatic heterocycles. The predicted molar refractivity (Wildman–Crippen MR) is 259 cm³/mol. The minimum atomic E-state index is 1.02. The van der Waals surface area contributed by atoms with Gasteiger partial charge in [0.25, 0.3) is 0 Å². The fraction of sp³-hybridized carbons (Fsp3) is 0.138. The van der Waals surface area contributed by atoms with Crippen molar-refractivity contribution < 1.29 is 0 Å². The molecule has 8 rings (SSSR count). The van der Waals surface area contributed by atoms with Crippen molar-refractivity contribution in [1.29, 1.82) is 0 Å². The van der Waals surface area contributed by atoms with E-state index < -0.39 is 0 Å². The molecule has 0 saturated heterocycles.